The van der Waals surface area contributed by atoms with Gasteiger partial charge in [-0.2, -0.15) is 0 Å². The van der Waals surface area contributed by atoms with Crippen LogP contribution in [0.2, 0.25) is 0 Å². The summed E-state index contributed by atoms with van der Waals surface area (Å²) in [5, 5.41) is 21.6. The average molecular weight is 432 g/mol. The van der Waals surface area contributed by atoms with E-state index in [1.165, 1.54) is 12.2 Å². The highest BCUT2D eigenvalue weighted by Crippen LogP contribution is 2.71. The van der Waals surface area contributed by atoms with Gasteiger partial charge in [-0.1, -0.05) is 24.6 Å². The number of hydrogen-bond acceptors (Lipinski definition) is 5. The van der Waals surface area contributed by atoms with Crippen LogP contribution >= 0.6 is 0 Å². The summed E-state index contributed by atoms with van der Waals surface area (Å²) in [5.41, 5.74) is -5.04. The van der Waals surface area contributed by atoms with Crippen LogP contribution in [-0.2, 0) is 19.1 Å². The van der Waals surface area contributed by atoms with Crippen molar-refractivity contribution in [1.29, 1.82) is 0 Å². The van der Waals surface area contributed by atoms with Gasteiger partial charge in [0, 0.05) is 16.7 Å². The number of fused-ring (bicyclic) bond motifs is 7. The molecule has 1 saturated heterocycles. The van der Waals surface area contributed by atoms with E-state index in [9.17, 15) is 19.8 Å². The Bertz CT molecular complexity index is 940. The summed E-state index contributed by atoms with van der Waals surface area (Å²) in [6.45, 7) is 5.36. The molecule has 6 nitrogen and oxygen atoms in total. The minimum absolute atomic E-state index is 0.0515. The fourth-order valence-corrected chi connectivity index (χ4v) is 7.59. The molecule has 0 radical (unpaired) electrons. The lowest BCUT2D eigenvalue weighted by Crippen LogP contribution is -2.69. The number of aliphatic carboxylic acids is 1. The van der Waals surface area contributed by atoms with Gasteiger partial charge in [-0.25, -0.2) is 9.18 Å². The predicted octanol–water partition coefficient (Wildman–Crippen LogP) is 3.11. The Morgan fingerprint density at radius 1 is 1.32 bits per heavy atom. The van der Waals surface area contributed by atoms with E-state index in [1.54, 1.807) is 32.1 Å². The van der Waals surface area contributed by atoms with Gasteiger partial charge in [0.2, 0.25) is 0 Å². The largest absolute Gasteiger partial charge is 0.479 e. The van der Waals surface area contributed by atoms with Gasteiger partial charge in [-0.05, 0) is 63.7 Å². The average Bonchev–Trinajstić information content (AvgIpc) is 3.17. The summed E-state index contributed by atoms with van der Waals surface area (Å²) in [5.74, 6) is -2.20. The number of ether oxygens (including phenoxy) is 2. The quantitative estimate of drug-likeness (QED) is 0.652. The molecular weight excluding hydrogens is 403 g/mol. The number of carbonyl (C=O) groups is 2. The first-order valence-corrected chi connectivity index (χ1v) is 11.1. The van der Waals surface area contributed by atoms with Crippen molar-refractivity contribution in [3.05, 3.63) is 36.0 Å². The Kier molecular flexibility index (Phi) is 4.32. The third kappa shape index (κ3) is 2.27. The smallest absolute Gasteiger partial charge is 0.339 e. The molecule has 0 aromatic heterocycles. The van der Waals surface area contributed by atoms with Crippen molar-refractivity contribution in [2.45, 2.75) is 76.2 Å². The minimum Gasteiger partial charge on any atom is -0.479 e. The number of carbonyl (C=O) groups excluding carboxylic acids is 1. The van der Waals surface area contributed by atoms with E-state index in [1.807, 2.05) is 6.92 Å². The van der Waals surface area contributed by atoms with Gasteiger partial charge in [0.1, 0.15) is 6.10 Å². The van der Waals surface area contributed by atoms with Crippen LogP contribution in [0.15, 0.2) is 36.0 Å². The zero-order valence-corrected chi connectivity index (χ0v) is 18.0. The Morgan fingerprint density at radius 2 is 2.06 bits per heavy atom. The van der Waals surface area contributed by atoms with E-state index < -0.39 is 52.5 Å². The standard InChI is InChI=1S/C24H29FO6/c1-4-5-19-30-18-11-16-15-7-6-13-10-14(26)8-9-21(13,2)23(15,25)17(27)12-22(16,3)24(18,31-19)20(28)29/h4-5,8-10,15-19,27H,6-7,11-12H2,1-3H3,(H,28,29)/b5-4+/t15-,16-,17-,18+,19+,21-,22-,23-,24-/m0/s1. The van der Waals surface area contributed by atoms with Crippen molar-refractivity contribution in [3.8, 4) is 0 Å². The van der Waals surface area contributed by atoms with Crippen molar-refractivity contribution in [3.63, 3.8) is 0 Å². The Labute approximate surface area is 180 Å². The molecule has 0 aromatic carbocycles. The molecule has 5 rings (SSSR count). The SMILES string of the molecule is C/C=C/[C@@H]1O[C@@H]2C[C@H]3[C@@H]4CCC5=CC(=O)C=C[C@]5(C)[C@@]4(F)[C@@H](O)C[C@]3(C)[C@]2(C(=O)O)O1. The molecular formula is C24H29FO6. The summed E-state index contributed by atoms with van der Waals surface area (Å²) < 4.78 is 29.1. The monoisotopic (exact) mass is 432 g/mol. The van der Waals surface area contributed by atoms with Gasteiger partial charge in [-0.15, -0.1) is 0 Å². The lowest BCUT2D eigenvalue weighted by Gasteiger charge is -2.62. The zero-order chi connectivity index (χ0) is 22.4. The van der Waals surface area contributed by atoms with Gasteiger partial charge in [-0.3, -0.25) is 4.79 Å². The first kappa shape index (κ1) is 21.0. The van der Waals surface area contributed by atoms with Gasteiger partial charge < -0.3 is 19.7 Å². The van der Waals surface area contributed by atoms with E-state index in [0.29, 0.717) is 24.8 Å². The van der Waals surface area contributed by atoms with Crippen LogP contribution < -0.4 is 0 Å². The fraction of sp³-hybridized carbons (Fsp3) is 0.667. The second kappa shape index (κ2) is 6.36. The van der Waals surface area contributed by atoms with Crippen molar-refractivity contribution >= 4 is 11.8 Å². The van der Waals surface area contributed by atoms with Crippen LogP contribution in [0, 0.1) is 22.7 Å². The van der Waals surface area contributed by atoms with E-state index in [0.717, 1.165) is 0 Å². The summed E-state index contributed by atoms with van der Waals surface area (Å²) >= 11 is 0. The number of carboxylic acids is 1. The van der Waals surface area contributed by atoms with E-state index in [-0.39, 0.29) is 18.1 Å². The van der Waals surface area contributed by atoms with Crippen molar-refractivity contribution in [2.24, 2.45) is 22.7 Å². The first-order valence-electron chi connectivity index (χ1n) is 11.1. The molecule has 2 N–H and O–H groups in total. The van der Waals surface area contributed by atoms with Crippen LogP contribution in [0.1, 0.15) is 46.5 Å². The fourth-order valence-electron chi connectivity index (χ4n) is 7.59. The molecule has 0 amide bonds. The molecule has 3 saturated carbocycles. The van der Waals surface area contributed by atoms with E-state index in [4.69, 9.17) is 9.47 Å². The maximum absolute atomic E-state index is 17.1. The number of carboxylic acid groups (broad SMARTS) is 1. The molecule has 31 heavy (non-hydrogen) atoms. The lowest BCUT2D eigenvalue weighted by molar-refractivity contribution is -0.232. The molecule has 4 aliphatic carbocycles. The van der Waals surface area contributed by atoms with Gasteiger partial charge in [0.15, 0.2) is 23.3 Å². The van der Waals surface area contributed by atoms with Crippen LogP contribution in [0.5, 0.6) is 0 Å². The number of rotatable bonds is 2. The number of halogens is 1. The normalized spacial score (nSPS) is 53.0. The third-order valence-corrected chi connectivity index (χ3v) is 9.07. The summed E-state index contributed by atoms with van der Waals surface area (Å²) in [4.78, 5) is 24.5. The Balaban J connectivity index is 1.61. The van der Waals surface area contributed by atoms with E-state index in [2.05, 4.69) is 0 Å². The molecule has 168 valence electrons. The lowest BCUT2D eigenvalue weighted by atomic mass is 9.45. The van der Waals surface area contributed by atoms with Crippen LogP contribution in [-0.4, -0.2) is 51.7 Å². The van der Waals surface area contributed by atoms with Gasteiger partial charge >= 0.3 is 5.97 Å². The van der Waals surface area contributed by atoms with Crippen molar-refractivity contribution < 1.29 is 33.7 Å². The highest BCUT2D eigenvalue weighted by atomic mass is 19.1. The van der Waals surface area contributed by atoms with Crippen LogP contribution in [0.3, 0.4) is 0 Å². The van der Waals surface area contributed by atoms with Crippen molar-refractivity contribution in [1.82, 2.24) is 0 Å². The molecule has 1 aliphatic heterocycles. The van der Waals surface area contributed by atoms with Gasteiger partial charge in [0.05, 0.1) is 6.10 Å². The van der Waals surface area contributed by atoms with Crippen molar-refractivity contribution in [2.75, 3.05) is 0 Å². The molecule has 9 atom stereocenters. The molecule has 0 bridgehead atoms. The van der Waals surface area contributed by atoms with Crippen LogP contribution in [0.25, 0.3) is 0 Å². The maximum atomic E-state index is 17.1. The second-order valence-corrected chi connectivity index (χ2v) is 10.2. The molecule has 0 unspecified atom stereocenters. The molecule has 1 heterocycles. The predicted molar refractivity (Wildman–Crippen MR) is 109 cm³/mol. The van der Waals surface area contributed by atoms with E-state index >= 15 is 4.39 Å². The first-order chi connectivity index (χ1) is 14.5. The number of alkyl halides is 1. The summed E-state index contributed by atoms with van der Waals surface area (Å²) in [7, 11) is 0. The Hall–Kier alpha value is -1.83. The second-order valence-electron chi connectivity index (χ2n) is 10.2. The minimum atomic E-state index is -2.00. The molecule has 7 heteroatoms. The molecule has 0 aromatic rings. The number of allylic oxidation sites excluding steroid dienone is 5. The zero-order valence-electron chi connectivity index (χ0n) is 18.0. The number of aliphatic hydroxyl groups excluding tert-OH is 1. The molecule has 5 aliphatic rings. The summed E-state index contributed by atoms with van der Waals surface area (Å²) in [6, 6.07) is 0. The topological polar surface area (TPSA) is 93.1 Å². The van der Waals surface area contributed by atoms with Crippen LogP contribution in [0.4, 0.5) is 4.39 Å². The molecule has 4 fully saturated rings. The highest BCUT2D eigenvalue weighted by molar-refractivity contribution is 6.01. The molecule has 0 spiro atoms. The number of ketones is 1. The van der Waals surface area contributed by atoms with Gasteiger partial charge in [0.25, 0.3) is 0 Å². The number of aliphatic hydroxyl groups is 1. The Morgan fingerprint density at radius 3 is 2.74 bits per heavy atom. The third-order valence-electron chi connectivity index (χ3n) is 9.07. The maximum Gasteiger partial charge on any atom is 0.339 e. The number of hydrogen-bond donors (Lipinski definition) is 2. The summed E-state index contributed by atoms with van der Waals surface area (Å²) in [6.07, 6.45) is 6.28. The highest BCUT2D eigenvalue weighted by Gasteiger charge is 2.79.